The van der Waals surface area contributed by atoms with E-state index in [4.69, 9.17) is 10.00 Å². The second kappa shape index (κ2) is 5.61. The quantitative estimate of drug-likeness (QED) is 0.777. The van der Waals surface area contributed by atoms with Crippen LogP contribution in [-0.4, -0.2) is 10.00 Å². The average molecular weight is 255 g/mol. The maximum atomic E-state index is 8.62. The molecule has 0 bridgehead atoms. The minimum atomic E-state index is -0.0334. The molecule has 0 aliphatic heterocycles. The fourth-order valence-corrected chi connectivity index (χ4v) is 1.61. The molecule has 1 atom stereocenters. The molecule has 1 heterocycles. The van der Waals surface area contributed by atoms with Crippen molar-refractivity contribution in [1.82, 2.24) is 4.98 Å². The van der Waals surface area contributed by atoms with Crippen LogP contribution in [0.15, 0.2) is 18.2 Å². The van der Waals surface area contributed by atoms with Crippen LogP contribution in [0.3, 0.4) is 0 Å². The predicted molar refractivity (Wildman–Crippen MR) is 57.2 cm³/mol. The van der Waals surface area contributed by atoms with Gasteiger partial charge in [-0.1, -0.05) is 19.4 Å². The molecule has 1 aromatic rings. The van der Waals surface area contributed by atoms with Crippen LogP contribution >= 0.6 is 15.9 Å². The number of rotatable bonds is 4. The first-order valence-electron chi connectivity index (χ1n) is 4.44. The highest BCUT2D eigenvalue weighted by Crippen LogP contribution is 2.15. The molecule has 0 saturated carbocycles. The number of hydrogen-bond donors (Lipinski definition) is 0. The van der Waals surface area contributed by atoms with Crippen LogP contribution in [0.2, 0.25) is 0 Å². The maximum Gasteiger partial charge on any atom is 0.215 e. The molecule has 0 spiro atoms. The summed E-state index contributed by atoms with van der Waals surface area (Å²) >= 11 is 3.38. The molecule has 0 radical (unpaired) electrons. The van der Waals surface area contributed by atoms with Gasteiger partial charge in [0.1, 0.15) is 11.8 Å². The number of hydrogen-bond acceptors (Lipinski definition) is 3. The van der Waals surface area contributed by atoms with Crippen molar-refractivity contribution in [1.29, 1.82) is 5.26 Å². The van der Waals surface area contributed by atoms with Gasteiger partial charge in [0.2, 0.25) is 5.88 Å². The lowest BCUT2D eigenvalue weighted by molar-refractivity contribution is 0.271. The summed E-state index contributed by atoms with van der Waals surface area (Å²) in [4.78, 5) is 4.00. The zero-order chi connectivity index (χ0) is 10.4. The highest BCUT2D eigenvalue weighted by atomic mass is 79.9. The van der Waals surface area contributed by atoms with E-state index in [0.717, 1.165) is 12.8 Å². The molecule has 4 heteroatoms. The van der Waals surface area contributed by atoms with Crippen LogP contribution in [0, 0.1) is 11.3 Å². The summed E-state index contributed by atoms with van der Waals surface area (Å²) in [6.07, 6.45) is 1.95. The number of halogens is 1. The van der Waals surface area contributed by atoms with E-state index in [1.807, 2.05) is 6.07 Å². The molecule has 1 rings (SSSR count). The molecule has 3 nitrogen and oxygen atoms in total. The van der Waals surface area contributed by atoms with Gasteiger partial charge in [-0.15, -0.1) is 0 Å². The second-order valence-electron chi connectivity index (χ2n) is 2.79. The van der Waals surface area contributed by atoms with E-state index in [2.05, 4.69) is 27.8 Å². The number of pyridine rings is 1. The highest BCUT2D eigenvalue weighted by Gasteiger charge is 2.05. The largest absolute Gasteiger partial charge is 0.463 e. The Balaban J connectivity index is 2.63. The summed E-state index contributed by atoms with van der Waals surface area (Å²) in [6.45, 7) is 2.08. The van der Waals surface area contributed by atoms with Gasteiger partial charge in [0.05, 0.1) is 0 Å². The fraction of sp³-hybridized carbons (Fsp3) is 0.400. The van der Waals surface area contributed by atoms with Gasteiger partial charge in [-0.25, -0.2) is 4.98 Å². The number of nitriles is 1. The van der Waals surface area contributed by atoms with E-state index in [9.17, 15) is 0 Å². The highest BCUT2D eigenvalue weighted by molar-refractivity contribution is 9.09. The Morgan fingerprint density at radius 1 is 1.64 bits per heavy atom. The molecular weight excluding hydrogens is 244 g/mol. The lowest BCUT2D eigenvalue weighted by Gasteiger charge is -2.10. The molecule has 1 aromatic heterocycles. The second-order valence-corrected chi connectivity index (χ2v) is 3.81. The topological polar surface area (TPSA) is 45.9 Å². The van der Waals surface area contributed by atoms with Gasteiger partial charge in [-0.05, 0) is 28.4 Å². The van der Waals surface area contributed by atoms with Gasteiger partial charge in [0, 0.05) is 6.07 Å². The lowest BCUT2D eigenvalue weighted by Crippen LogP contribution is -2.08. The molecule has 74 valence electrons. The van der Waals surface area contributed by atoms with Crippen LogP contribution < -0.4 is 4.74 Å². The zero-order valence-corrected chi connectivity index (χ0v) is 9.49. The summed E-state index contributed by atoms with van der Waals surface area (Å²) in [6, 6.07) is 7.11. The minimum Gasteiger partial charge on any atom is -0.463 e. The number of alkyl halides is 1. The zero-order valence-electron chi connectivity index (χ0n) is 7.90. The van der Waals surface area contributed by atoms with E-state index < -0.39 is 0 Å². The van der Waals surface area contributed by atoms with E-state index in [1.54, 1.807) is 18.2 Å². The van der Waals surface area contributed by atoms with Gasteiger partial charge in [-0.3, -0.25) is 0 Å². The van der Waals surface area contributed by atoms with Gasteiger partial charge in [0.15, 0.2) is 5.01 Å². The first-order chi connectivity index (χ1) is 6.76. The Morgan fingerprint density at radius 2 is 2.43 bits per heavy atom. The molecule has 0 aliphatic rings. The van der Waals surface area contributed by atoms with Crippen molar-refractivity contribution in [2.75, 3.05) is 0 Å². The third-order valence-electron chi connectivity index (χ3n) is 1.60. The van der Waals surface area contributed by atoms with Gasteiger partial charge in [-0.2, -0.15) is 5.26 Å². The molecule has 0 N–H and O–H groups in total. The fourth-order valence-electron chi connectivity index (χ4n) is 0.960. The summed E-state index contributed by atoms with van der Waals surface area (Å²) in [5, 5.41) is 8.59. The Morgan fingerprint density at radius 3 is 3.07 bits per heavy atom. The number of aromatic nitrogens is 1. The molecule has 14 heavy (non-hydrogen) atoms. The number of ether oxygens (including phenoxy) is 1. The van der Waals surface area contributed by atoms with Crippen LogP contribution in [0.25, 0.3) is 0 Å². The van der Waals surface area contributed by atoms with Crippen molar-refractivity contribution in [2.45, 2.75) is 24.8 Å². The van der Waals surface area contributed by atoms with Crippen LogP contribution in [0.5, 0.6) is 5.88 Å². The summed E-state index contributed by atoms with van der Waals surface area (Å²) in [5.74, 6) is 0.486. The van der Waals surface area contributed by atoms with Crippen molar-refractivity contribution in [3.8, 4) is 11.9 Å². The Kier molecular flexibility index (Phi) is 4.41. The van der Waals surface area contributed by atoms with Crippen molar-refractivity contribution in [2.24, 2.45) is 0 Å². The van der Waals surface area contributed by atoms with Crippen molar-refractivity contribution < 1.29 is 4.74 Å². The SMILES string of the molecule is CCCC(Br)Oc1cccc(C#N)n1. The van der Waals surface area contributed by atoms with Gasteiger partial charge >= 0.3 is 0 Å². The summed E-state index contributed by atoms with van der Waals surface area (Å²) in [5.41, 5.74) is 0.374. The standard InChI is InChI=1S/C10H11BrN2O/c1-2-4-9(11)14-10-6-3-5-8(7-12)13-10/h3,5-6,9H,2,4H2,1H3. The third kappa shape index (κ3) is 3.35. The number of nitrogens with zero attached hydrogens (tertiary/aromatic N) is 2. The molecule has 0 fully saturated rings. The minimum absolute atomic E-state index is 0.0334. The Labute approximate surface area is 91.8 Å². The van der Waals surface area contributed by atoms with Crippen LogP contribution in [-0.2, 0) is 0 Å². The first-order valence-corrected chi connectivity index (χ1v) is 5.35. The molecule has 1 unspecified atom stereocenters. The first kappa shape index (κ1) is 11.0. The summed E-state index contributed by atoms with van der Waals surface area (Å²) < 4.78 is 5.45. The monoisotopic (exact) mass is 254 g/mol. The molecule has 0 saturated heterocycles. The Hall–Kier alpha value is -1.08. The predicted octanol–water partition coefficient (Wildman–Crippen LogP) is 2.85. The van der Waals surface area contributed by atoms with Gasteiger partial charge < -0.3 is 4.74 Å². The van der Waals surface area contributed by atoms with E-state index in [1.165, 1.54) is 0 Å². The molecule has 0 aliphatic carbocycles. The van der Waals surface area contributed by atoms with Crippen LogP contribution in [0.4, 0.5) is 0 Å². The average Bonchev–Trinajstić information content (AvgIpc) is 2.18. The third-order valence-corrected chi connectivity index (χ3v) is 2.25. The normalized spacial score (nSPS) is 11.8. The maximum absolute atomic E-state index is 8.62. The van der Waals surface area contributed by atoms with E-state index in [0.29, 0.717) is 11.6 Å². The lowest BCUT2D eigenvalue weighted by atomic mass is 10.3. The van der Waals surface area contributed by atoms with E-state index >= 15 is 0 Å². The summed E-state index contributed by atoms with van der Waals surface area (Å²) in [7, 11) is 0. The van der Waals surface area contributed by atoms with Crippen molar-refractivity contribution in [3.63, 3.8) is 0 Å². The smallest absolute Gasteiger partial charge is 0.215 e. The molecule has 0 amide bonds. The van der Waals surface area contributed by atoms with Gasteiger partial charge in [0.25, 0.3) is 0 Å². The van der Waals surface area contributed by atoms with Crippen molar-refractivity contribution in [3.05, 3.63) is 23.9 Å². The molecule has 0 aromatic carbocycles. The van der Waals surface area contributed by atoms with Crippen molar-refractivity contribution >= 4 is 15.9 Å². The molecular formula is C10H11BrN2O. The van der Waals surface area contributed by atoms with E-state index in [-0.39, 0.29) is 5.01 Å². The van der Waals surface area contributed by atoms with Crippen LogP contribution in [0.1, 0.15) is 25.5 Å². The Bertz CT molecular complexity index is 335.